The summed E-state index contributed by atoms with van der Waals surface area (Å²) in [6.45, 7) is -0.422. The molecule has 1 amide bonds. The largest absolute Gasteiger partial charge is 0.382 e. The Morgan fingerprint density at radius 1 is 1.30 bits per heavy atom. The molecule has 0 spiro atoms. The number of aliphatic hydroxyl groups is 1. The quantitative estimate of drug-likeness (QED) is 0.692. The monoisotopic (exact) mass is 298 g/mol. The highest BCUT2D eigenvalue weighted by molar-refractivity contribution is 7.89. The van der Waals surface area contributed by atoms with Crippen molar-refractivity contribution in [2.24, 2.45) is 5.73 Å². The number of carbonyl (C=O) groups excluding carboxylic acids is 1. The van der Waals surface area contributed by atoms with Crippen LogP contribution < -0.4 is 10.5 Å². The summed E-state index contributed by atoms with van der Waals surface area (Å²) in [4.78, 5) is 10.8. The Kier molecular flexibility index (Phi) is 4.42. The maximum Gasteiger partial charge on any atom is 0.247 e. The highest BCUT2D eigenvalue weighted by Gasteiger charge is 2.20. The highest BCUT2D eigenvalue weighted by atomic mass is 32.2. The van der Waals surface area contributed by atoms with E-state index in [1.807, 2.05) is 6.07 Å². The van der Waals surface area contributed by atoms with Crippen molar-refractivity contribution >= 4 is 15.9 Å². The topological polar surface area (TPSA) is 109 Å². The molecule has 0 saturated heterocycles. The van der Waals surface area contributed by atoms with Crippen LogP contribution in [0.2, 0.25) is 0 Å². The van der Waals surface area contributed by atoms with E-state index in [0.717, 1.165) is 31.2 Å². The van der Waals surface area contributed by atoms with Crippen molar-refractivity contribution in [3.63, 3.8) is 0 Å². The fourth-order valence-corrected chi connectivity index (χ4v) is 3.34. The number of primary amides is 1. The van der Waals surface area contributed by atoms with Gasteiger partial charge >= 0.3 is 0 Å². The van der Waals surface area contributed by atoms with Gasteiger partial charge in [0.2, 0.25) is 15.9 Å². The molecule has 1 aliphatic carbocycles. The first kappa shape index (κ1) is 15.0. The van der Waals surface area contributed by atoms with Crippen molar-refractivity contribution in [1.82, 2.24) is 4.72 Å². The number of aryl methyl sites for hydroxylation is 2. The van der Waals surface area contributed by atoms with Gasteiger partial charge in [0.05, 0.1) is 4.90 Å². The molecule has 4 N–H and O–H groups in total. The molecule has 0 fully saturated rings. The molecule has 0 radical (unpaired) electrons. The third-order valence-electron chi connectivity index (χ3n) is 3.43. The van der Waals surface area contributed by atoms with E-state index in [2.05, 4.69) is 4.72 Å². The molecule has 20 heavy (non-hydrogen) atoms. The molecule has 0 saturated carbocycles. The second kappa shape index (κ2) is 5.90. The lowest BCUT2D eigenvalue weighted by molar-refractivity contribution is -0.125. The van der Waals surface area contributed by atoms with Gasteiger partial charge in [-0.25, -0.2) is 13.1 Å². The van der Waals surface area contributed by atoms with Crippen LogP contribution in [-0.2, 0) is 27.7 Å². The molecular formula is C13H18N2O4S. The van der Waals surface area contributed by atoms with Gasteiger partial charge < -0.3 is 10.8 Å². The molecule has 1 aromatic rings. The predicted octanol–water partition coefficient (Wildman–Crippen LogP) is -0.310. The van der Waals surface area contributed by atoms with E-state index in [1.54, 1.807) is 12.1 Å². The van der Waals surface area contributed by atoms with E-state index >= 15 is 0 Å². The summed E-state index contributed by atoms with van der Waals surface area (Å²) in [5.41, 5.74) is 7.11. The van der Waals surface area contributed by atoms with Crippen LogP contribution in [0, 0.1) is 0 Å². The van der Waals surface area contributed by atoms with Crippen LogP contribution in [0.25, 0.3) is 0 Å². The van der Waals surface area contributed by atoms with E-state index in [9.17, 15) is 18.3 Å². The summed E-state index contributed by atoms with van der Waals surface area (Å²) in [5.74, 6) is -0.960. The van der Waals surface area contributed by atoms with Gasteiger partial charge in [0.15, 0.2) is 0 Å². The molecule has 110 valence electrons. The van der Waals surface area contributed by atoms with Crippen LogP contribution in [0.3, 0.4) is 0 Å². The number of hydrogen-bond acceptors (Lipinski definition) is 4. The molecule has 7 heteroatoms. The van der Waals surface area contributed by atoms with Crippen LogP contribution in [-0.4, -0.2) is 32.1 Å². The molecule has 0 heterocycles. The summed E-state index contributed by atoms with van der Waals surface area (Å²) in [7, 11) is -3.74. The van der Waals surface area contributed by atoms with Gasteiger partial charge in [-0.1, -0.05) is 6.07 Å². The molecule has 6 nitrogen and oxygen atoms in total. The minimum absolute atomic E-state index is 0.148. The van der Waals surface area contributed by atoms with Crippen LogP contribution in [0.15, 0.2) is 23.1 Å². The summed E-state index contributed by atoms with van der Waals surface area (Å²) >= 11 is 0. The number of nitrogens with two attached hydrogens (primary N) is 1. The van der Waals surface area contributed by atoms with E-state index in [-0.39, 0.29) is 4.90 Å². The third-order valence-corrected chi connectivity index (χ3v) is 4.85. The summed E-state index contributed by atoms with van der Waals surface area (Å²) < 4.78 is 26.3. The minimum atomic E-state index is -3.74. The lowest BCUT2D eigenvalue weighted by Crippen LogP contribution is -2.39. The Morgan fingerprint density at radius 3 is 2.60 bits per heavy atom. The van der Waals surface area contributed by atoms with Crippen molar-refractivity contribution in [3.05, 3.63) is 29.3 Å². The number of amides is 1. The van der Waals surface area contributed by atoms with Crippen LogP contribution in [0.1, 0.15) is 24.0 Å². The number of benzene rings is 1. The Labute approximate surface area is 118 Å². The Hall–Kier alpha value is -1.44. The highest BCUT2D eigenvalue weighted by Crippen LogP contribution is 2.23. The van der Waals surface area contributed by atoms with Gasteiger partial charge in [-0.15, -0.1) is 0 Å². The zero-order valence-corrected chi connectivity index (χ0v) is 11.8. The van der Waals surface area contributed by atoms with Gasteiger partial charge in [0, 0.05) is 6.54 Å². The molecule has 1 aromatic carbocycles. The van der Waals surface area contributed by atoms with E-state index in [0.29, 0.717) is 0 Å². The number of aliphatic hydroxyl groups excluding tert-OH is 1. The minimum Gasteiger partial charge on any atom is -0.382 e. The van der Waals surface area contributed by atoms with Crippen molar-refractivity contribution in [1.29, 1.82) is 0 Å². The number of carbonyl (C=O) groups is 1. The first-order valence-electron chi connectivity index (χ1n) is 6.49. The summed E-state index contributed by atoms with van der Waals surface area (Å²) in [6.07, 6.45) is 2.51. The smallest absolute Gasteiger partial charge is 0.247 e. The predicted molar refractivity (Wildman–Crippen MR) is 73.5 cm³/mol. The molecule has 1 aliphatic rings. The van der Waals surface area contributed by atoms with E-state index in [4.69, 9.17) is 5.73 Å². The van der Waals surface area contributed by atoms with Crippen molar-refractivity contribution < 1.29 is 18.3 Å². The summed E-state index contributed by atoms with van der Waals surface area (Å²) in [6, 6.07) is 5.03. The third kappa shape index (κ3) is 3.36. The van der Waals surface area contributed by atoms with Crippen molar-refractivity contribution in [2.75, 3.05) is 6.54 Å². The lowest BCUT2D eigenvalue weighted by atomic mass is 9.92. The lowest BCUT2D eigenvalue weighted by Gasteiger charge is -2.17. The second-order valence-corrected chi connectivity index (χ2v) is 6.67. The van der Waals surface area contributed by atoms with Crippen LogP contribution in [0.4, 0.5) is 0 Å². The standard InChI is InChI=1S/C13H18N2O4S/c14-13(17)12(16)8-15-20(18,19)11-6-5-9-3-1-2-4-10(9)7-11/h5-7,12,15-16H,1-4,8H2,(H2,14,17). The van der Waals surface area contributed by atoms with Gasteiger partial charge in [-0.2, -0.15) is 0 Å². The van der Waals surface area contributed by atoms with Crippen LogP contribution >= 0.6 is 0 Å². The van der Waals surface area contributed by atoms with Crippen molar-refractivity contribution in [2.45, 2.75) is 36.7 Å². The van der Waals surface area contributed by atoms with Crippen LogP contribution in [0.5, 0.6) is 0 Å². The zero-order valence-electron chi connectivity index (χ0n) is 11.0. The normalized spacial score (nSPS) is 16.4. The Morgan fingerprint density at radius 2 is 1.95 bits per heavy atom. The SMILES string of the molecule is NC(=O)C(O)CNS(=O)(=O)c1ccc2c(c1)CCCC2. The fourth-order valence-electron chi connectivity index (χ4n) is 2.25. The van der Waals surface area contributed by atoms with Gasteiger partial charge in [0.25, 0.3) is 0 Å². The Bertz CT molecular complexity index is 613. The van der Waals surface area contributed by atoms with Gasteiger partial charge in [-0.05, 0) is 48.9 Å². The maximum atomic E-state index is 12.1. The first-order valence-corrected chi connectivity index (χ1v) is 7.97. The molecule has 0 aliphatic heterocycles. The summed E-state index contributed by atoms with van der Waals surface area (Å²) in [5, 5.41) is 9.23. The molecule has 2 rings (SSSR count). The Balaban J connectivity index is 2.15. The second-order valence-electron chi connectivity index (χ2n) is 4.91. The molecule has 0 bridgehead atoms. The van der Waals surface area contributed by atoms with Gasteiger partial charge in [-0.3, -0.25) is 4.79 Å². The molecule has 1 unspecified atom stereocenters. The number of sulfonamides is 1. The average molecular weight is 298 g/mol. The van der Waals surface area contributed by atoms with Gasteiger partial charge in [0.1, 0.15) is 6.10 Å². The van der Waals surface area contributed by atoms with E-state index < -0.39 is 28.6 Å². The molecule has 1 atom stereocenters. The molecular weight excluding hydrogens is 280 g/mol. The number of rotatable bonds is 5. The average Bonchev–Trinajstić information content (AvgIpc) is 2.44. The zero-order chi connectivity index (χ0) is 14.8. The number of fused-ring (bicyclic) bond motifs is 1. The number of hydrogen-bond donors (Lipinski definition) is 3. The number of nitrogens with one attached hydrogen (secondary N) is 1. The van der Waals surface area contributed by atoms with Crippen molar-refractivity contribution in [3.8, 4) is 0 Å². The molecule has 0 aromatic heterocycles. The van der Waals surface area contributed by atoms with E-state index in [1.165, 1.54) is 5.56 Å². The first-order chi connectivity index (χ1) is 9.40. The maximum absolute atomic E-state index is 12.1. The fraction of sp³-hybridized carbons (Fsp3) is 0.462.